The summed E-state index contributed by atoms with van der Waals surface area (Å²) < 4.78 is 31.5. The van der Waals surface area contributed by atoms with Crippen molar-refractivity contribution in [2.45, 2.75) is 12.2 Å². The number of carbonyl (C=O) groups is 1. The van der Waals surface area contributed by atoms with Crippen LogP contribution >= 0.6 is 11.3 Å². The zero-order chi connectivity index (χ0) is 15.4. The minimum absolute atomic E-state index is 0.0479. The van der Waals surface area contributed by atoms with Gasteiger partial charge in [0, 0.05) is 45.9 Å². The number of carboxylic acids is 1. The lowest BCUT2D eigenvalue weighted by Crippen LogP contribution is -2.07. The lowest BCUT2D eigenvalue weighted by atomic mass is 10.1. The van der Waals surface area contributed by atoms with Gasteiger partial charge in [0.05, 0.1) is 5.75 Å². The van der Waals surface area contributed by atoms with Crippen LogP contribution in [0.4, 0.5) is 4.39 Å². The summed E-state index contributed by atoms with van der Waals surface area (Å²) in [5, 5.41) is 9.53. The summed E-state index contributed by atoms with van der Waals surface area (Å²) in [5.41, 5.74) is 0.330. The molecule has 2 rings (SSSR count). The Morgan fingerprint density at radius 1 is 1.48 bits per heavy atom. The number of hydrogen-bond donors (Lipinski definition) is 1. The minimum Gasteiger partial charge on any atom is -0.477 e. The first-order valence-electron chi connectivity index (χ1n) is 6.31. The molecule has 1 N–H and O–H groups in total. The normalized spacial score (nSPS) is 12.7. The standard InChI is InChI=1S/C14H15FO4S2/c1-19-6-3-7-21(18)8-9-12-10(15)4-2-5-11(12)20-13(9)14(16)17/h2,4-5H,3,6-8H2,1H3,(H,16,17). The van der Waals surface area contributed by atoms with Gasteiger partial charge in [-0.25, -0.2) is 9.18 Å². The van der Waals surface area contributed by atoms with E-state index in [4.69, 9.17) is 4.74 Å². The maximum atomic E-state index is 14.0. The zero-order valence-electron chi connectivity index (χ0n) is 11.4. The predicted octanol–water partition coefficient (Wildman–Crippen LogP) is 3.02. The van der Waals surface area contributed by atoms with Crippen molar-refractivity contribution in [3.63, 3.8) is 0 Å². The van der Waals surface area contributed by atoms with Crippen LogP contribution in [0.15, 0.2) is 18.2 Å². The second-order valence-electron chi connectivity index (χ2n) is 4.46. The van der Waals surface area contributed by atoms with Crippen LogP contribution in [0.3, 0.4) is 0 Å². The number of ether oxygens (including phenoxy) is 1. The molecule has 0 radical (unpaired) electrons. The fourth-order valence-electron chi connectivity index (χ4n) is 2.08. The van der Waals surface area contributed by atoms with Gasteiger partial charge in [-0.3, -0.25) is 4.21 Å². The molecule has 1 atom stereocenters. The van der Waals surface area contributed by atoms with Gasteiger partial charge in [0.2, 0.25) is 0 Å². The van der Waals surface area contributed by atoms with Gasteiger partial charge >= 0.3 is 5.97 Å². The highest BCUT2D eigenvalue weighted by atomic mass is 32.2. The molecule has 0 aliphatic heterocycles. The quantitative estimate of drug-likeness (QED) is 0.793. The average molecular weight is 330 g/mol. The van der Waals surface area contributed by atoms with E-state index in [1.165, 1.54) is 6.07 Å². The van der Waals surface area contributed by atoms with Gasteiger partial charge in [-0.1, -0.05) is 6.07 Å². The van der Waals surface area contributed by atoms with Gasteiger partial charge in [-0.05, 0) is 18.6 Å². The van der Waals surface area contributed by atoms with Gasteiger partial charge in [-0.2, -0.15) is 0 Å². The van der Waals surface area contributed by atoms with Gasteiger partial charge < -0.3 is 9.84 Å². The van der Waals surface area contributed by atoms with E-state index in [-0.39, 0.29) is 16.0 Å². The Balaban J connectivity index is 2.34. The van der Waals surface area contributed by atoms with Gasteiger partial charge in [0.1, 0.15) is 10.7 Å². The second kappa shape index (κ2) is 7.11. The van der Waals surface area contributed by atoms with E-state index < -0.39 is 22.6 Å². The SMILES string of the molecule is COCCCS(=O)Cc1c(C(=O)O)sc2cccc(F)c12. The van der Waals surface area contributed by atoms with Crippen molar-refractivity contribution >= 4 is 38.2 Å². The first kappa shape index (κ1) is 16.1. The molecule has 21 heavy (non-hydrogen) atoms. The van der Waals surface area contributed by atoms with Crippen molar-refractivity contribution in [2.24, 2.45) is 0 Å². The molecule has 1 heterocycles. The number of methoxy groups -OCH3 is 1. The Labute approximate surface area is 128 Å². The topological polar surface area (TPSA) is 63.6 Å². The molecule has 1 aromatic heterocycles. The number of rotatable bonds is 7. The van der Waals surface area contributed by atoms with E-state index in [0.29, 0.717) is 29.0 Å². The predicted molar refractivity (Wildman–Crippen MR) is 81.9 cm³/mol. The fourth-order valence-corrected chi connectivity index (χ4v) is 4.44. The molecule has 4 nitrogen and oxygen atoms in total. The van der Waals surface area contributed by atoms with Gasteiger partial charge in [0.15, 0.2) is 0 Å². The molecule has 0 aliphatic carbocycles. The molecular formula is C14H15FO4S2. The van der Waals surface area contributed by atoms with Crippen LogP contribution in [0.2, 0.25) is 0 Å². The third kappa shape index (κ3) is 3.66. The number of benzene rings is 1. The number of hydrogen-bond acceptors (Lipinski definition) is 4. The molecule has 0 spiro atoms. The summed E-state index contributed by atoms with van der Waals surface area (Å²) in [7, 11) is 0.317. The summed E-state index contributed by atoms with van der Waals surface area (Å²) in [5.74, 6) is -1.13. The zero-order valence-corrected chi connectivity index (χ0v) is 13.1. The molecule has 0 amide bonds. The number of halogens is 1. The monoisotopic (exact) mass is 330 g/mol. The Kier molecular flexibility index (Phi) is 5.44. The van der Waals surface area contributed by atoms with Crippen molar-refractivity contribution in [3.05, 3.63) is 34.5 Å². The van der Waals surface area contributed by atoms with Crippen LogP contribution in [0, 0.1) is 5.82 Å². The van der Waals surface area contributed by atoms with E-state index in [2.05, 4.69) is 0 Å². The summed E-state index contributed by atoms with van der Waals surface area (Å²) in [6, 6.07) is 4.50. The van der Waals surface area contributed by atoms with Crippen molar-refractivity contribution in [3.8, 4) is 0 Å². The minimum atomic E-state index is -1.25. The Morgan fingerprint density at radius 2 is 2.24 bits per heavy atom. The van der Waals surface area contributed by atoms with Crippen molar-refractivity contribution in [1.82, 2.24) is 0 Å². The summed E-state index contributed by atoms with van der Waals surface area (Å²) in [4.78, 5) is 11.4. The molecule has 0 aliphatic rings. The maximum absolute atomic E-state index is 14.0. The number of fused-ring (bicyclic) bond motifs is 1. The molecule has 114 valence electrons. The van der Waals surface area contributed by atoms with Gasteiger partial charge in [-0.15, -0.1) is 11.3 Å². The van der Waals surface area contributed by atoms with Crippen LogP contribution in [-0.2, 0) is 21.3 Å². The lowest BCUT2D eigenvalue weighted by molar-refractivity contribution is 0.0701. The first-order chi connectivity index (χ1) is 10.0. The smallest absolute Gasteiger partial charge is 0.346 e. The van der Waals surface area contributed by atoms with Crippen molar-refractivity contribution in [2.75, 3.05) is 19.5 Å². The second-order valence-corrected chi connectivity index (χ2v) is 7.09. The van der Waals surface area contributed by atoms with Crippen molar-refractivity contribution < 1.29 is 23.2 Å². The molecule has 1 unspecified atom stereocenters. The average Bonchev–Trinajstić information content (AvgIpc) is 2.79. The highest BCUT2D eigenvalue weighted by Gasteiger charge is 2.21. The third-order valence-corrected chi connectivity index (χ3v) is 5.52. The summed E-state index contributed by atoms with van der Waals surface area (Å²) >= 11 is 1.02. The summed E-state index contributed by atoms with van der Waals surface area (Å²) in [6.45, 7) is 0.496. The largest absolute Gasteiger partial charge is 0.477 e. The Hall–Kier alpha value is -1.31. The fraction of sp³-hybridized carbons (Fsp3) is 0.357. The van der Waals surface area contributed by atoms with Crippen LogP contribution in [0.25, 0.3) is 10.1 Å². The molecule has 0 saturated carbocycles. The van der Waals surface area contributed by atoms with Crippen LogP contribution in [-0.4, -0.2) is 34.8 Å². The molecule has 0 fully saturated rings. The van der Waals surface area contributed by atoms with Crippen LogP contribution < -0.4 is 0 Å². The highest BCUT2D eigenvalue weighted by molar-refractivity contribution is 7.84. The van der Waals surface area contributed by atoms with E-state index >= 15 is 0 Å². The van der Waals surface area contributed by atoms with Gasteiger partial charge in [0.25, 0.3) is 0 Å². The molecule has 0 bridgehead atoms. The number of thiophene rings is 1. The Morgan fingerprint density at radius 3 is 2.90 bits per heavy atom. The van der Waals surface area contributed by atoms with E-state index in [1.54, 1.807) is 19.2 Å². The van der Waals surface area contributed by atoms with E-state index in [9.17, 15) is 18.5 Å². The molecular weight excluding hydrogens is 315 g/mol. The molecule has 7 heteroatoms. The third-order valence-electron chi connectivity index (χ3n) is 2.98. The molecule has 1 aromatic carbocycles. The van der Waals surface area contributed by atoms with Crippen molar-refractivity contribution in [1.29, 1.82) is 0 Å². The van der Waals surface area contributed by atoms with Crippen LogP contribution in [0.1, 0.15) is 21.7 Å². The molecule has 2 aromatic rings. The first-order valence-corrected chi connectivity index (χ1v) is 8.62. The number of aromatic carboxylic acids is 1. The van der Waals surface area contributed by atoms with E-state index in [0.717, 1.165) is 11.3 Å². The summed E-state index contributed by atoms with van der Waals surface area (Å²) in [6.07, 6.45) is 0.621. The highest BCUT2D eigenvalue weighted by Crippen LogP contribution is 2.34. The number of carboxylic acid groups (broad SMARTS) is 1. The Bertz CT molecular complexity index is 681. The van der Waals surface area contributed by atoms with Crippen LogP contribution in [0.5, 0.6) is 0 Å². The van der Waals surface area contributed by atoms with E-state index in [1.807, 2.05) is 0 Å². The lowest BCUT2D eigenvalue weighted by Gasteiger charge is -2.04. The maximum Gasteiger partial charge on any atom is 0.346 e. The molecule has 0 saturated heterocycles.